The highest BCUT2D eigenvalue weighted by molar-refractivity contribution is 5.93. The van der Waals surface area contributed by atoms with Crippen LogP contribution >= 0.6 is 0 Å². The first kappa shape index (κ1) is 19.7. The lowest BCUT2D eigenvalue weighted by atomic mass is 10.0. The topological polar surface area (TPSA) is 79.0 Å². The van der Waals surface area contributed by atoms with E-state index in [4.69, 9.17) is 4.74 Å². The van der Waals surface area contributed by atoms with Crippen LogP contribution in [0.5, 0.6) is 0 Å². The summed E-state index contributed by atoms with van der Waals surface area (Å²) in [6.45, 7) is 2.48. The van der Waals surface area contributed by atoms with Gasteiger partial charge in [0.05, 0.1) is 36.3 Å². The lowest BCUT2D eigenvalue weighted by Crippen LogP contribution is -2.13. The molecule has 0 unspecified atom stereocenters. The molecule has 1 aliphatic heterocycles. The highest BCUT2D eigenvalue weighted by atomic mass is 16.5. The number of hydrogen-bond acceptors (Lipinski definition) is 5. The highest BCUT2D eigenvalue weighted by Gasteiger charge is 2.17. The minimum atomic E-state index is -0.405. The number of esters is 1. The summed E-state index contributed by atoms with van der Waals surface area (Å²) in [5, 5.41) is 9.55. The Morgan fingerprint density at radius 2 is 1.81 bits per heavy atom. The Hall–Kier alpha value is -4.26. The molecule has 7 heteroatoms. The van der Waals surface area contributed by atoms with Crippen LogP contribution in [0.15, 0.2) is 83.8 Å². The van der Waals surface area contributed by atoms with Crippen molar-refractivity contribution in [2.24, 2.45) is 0 Å². The van der Waals surface area contributed by atoms with Gasteiger partial charge in [0.25, 0.3) is 0 Å². The fourth-order valence-corrected chi connectivity index (χ4v) is 3.93. The van der Waals surface area contributed by atoms with Gasteiger partial charge in [-0.1, -0.05) is 41.6 Å². The third-order valence-electron chi connectivity index (χ3n) is 5.37. The molecular weight excluding hydrogens is 404 g/mol. The Balaban J connectivity index is 1.58. The molecule has 7 nitrogen and oxygen atoms in total. The number of ether oxygens (including phenoxy) is 1. The third kappa shape index (κ3) is 3.43. The first-order chi connectivity index (χ1) is 15.7. The third-order valence-corrected chi connectivity index (χ3v) is 5.37. The Morgan fingerprint density at radius 3 is 2.69 bits per heavy atom. The smallest absolute Gasteiger partial charge is 0.340 e. The quantitative estimate of drug-likeness (QED) is 0.316. The molecule has 2 heterocycles. The van der Waals surface area contributed by atoms with E-state index in [2.05, 4.69) is 14.9 Å². The summed E-state index contributed by atoms with van der Waals surface area (Å²) in [6.07, 6.45) is 1.79. The van der Waals surface area contributed by atoms with E-state index in [1.807, 2.05) is 42.5 Å². The molecule has 0 radical (unpaired) electrons. The van der Waals surface area contributed by atoms with Crippen LogP contribution in [0.4, 0.5) is 0 Å². The summed E-state index contributed by atoms with van der Waals surface area (Å²) in [6, 6.07) is 22.3. The second kappa shape index (κ2) is 8.11. The maximum Gasteiger partial charge on any atom is 0.340 e. The molecule has 0 saturated heterocycles. The van der Waals surface area contributed by atoms with Crippen LogP contribution in [0, 0.1) is 0 Å². The average molecular weight is 424 g/mol. The number of rotatable bonds is 5. The van der Waals surface area contributed by atoms with Crippen molar-refractivity contribution in [3.05, 3.63) is 100 Å². The molecular formula is C25H20N4O3. The summed E-state index contributed by atoms with van der Waals surface area (Å²) in [7, 11) is 0. The number of carbonyl (C=O) groups is 1. The first-order valence-electron chi connectivity index (χ1n) is 10.3. The molecule has 0 N–H and O–H groups in total. The van der Waals surface area contributed by atoms with E-state index in [1.165, 1.54) is 0 Å². The van der Waals surface area contributed by atoms with Crippen molar-refractivity contribution in [3.8, 4) is 16.9 Å². The van der Waals surface area contributed by atoms with Crippen LogP contribution < -0.4 is 5.43 Å². The van der Waals surface area contributed by atoms with Crippen molar-refractivity contribution in [2.45, 2.75) is 13.5 Å². The van der Waals surface area contributed by atoms with Gasteiger partial charge < -0.3 is 9.30 Å². The molecule has 1 aromatic heterocycles. The lowest BCUT2D eigenvalue weighted by Gasteiger charge is -2.17. The Bertz CT molecular complexity index is 1470. The molecule has 0 fully saturated rings. The molecule has 0 saturated carbocycles. The van der Waals surface area contributed by atoms with Crippen molar-refractivity contribution >= 4 is 16.9 Å². The first-order valence-corrected chi connectivity index (χ1v) is 10.3. The maximum absolute atomic E-state index is 12.5. The van der Waals surface area contributed by atoms with E-state index in [-0.39, 0.29) is 5.43 Å². The fourth-order valence-electron chi connectivity index (χ4n) is 3.93. The van der Waals surface area contributed by atoms with Crippen molar-refractivity contribution in [1.82, 2.24) is 19.6 Å². The van der Waals surface area contributed by atoms with E-state index in [0.29, 0.717) is 35.7 Å². The highest BCUT2D eigenvalue weighted by Crippen LogP contribution is 2.27. The predicted octanol–water partition coefficient (Wildman–Crippen LogP) is 3.91. The van der Waals surface area contributed by atoms with Gasteiger partial charge in [-0.25, -0.2) is 9.48 Å². The van der Waals surface area contributed by atoms with Gasteiger partial charge in [0, 0.05) is 11.1 Å². The maximum atomic E-state index is 12.5. The van der Waals surface area contributed by atoms with Crippen molar-refractivity contribution in [3.63, 3.8) is 0 Å². The number of fused-ring (bicyclic) bond motifs is 2. The number of nitrogens with zero attached hydrogens (tertiary/aromatic N) is 4. The van der Waals surface area contributed by atoms with E-state index >= 15 is 0 Å². The summed E-state index contributed by atoms with van der Waals surface area (Å²) < 4.78 is 8.81. The van der Waals surface area contributed by atoms with Gasteiger partial charge >= 0.3 is 5.97 Å². The number of hydrogen-bond donors (Lipinski definition) is 0. The standard InChI is InChI=1S/C25H20N4O3/c1-2-32-25(31)19-9-4-6-11-23(19)29-16-18(26-27-29)15-28-21-10-5-3-8-17(21)14-20-22(28)12-7-13-24(20)30/h3-14,16H,2,15H2,1H3. The van der Waals surface area contributed by atoms with Crippen LogP contribution in [-0.2, 0) is 11.3 Å². The van der Waals surface area contributed by atoms with Crippen LogP contribution in [-0.4, -0.2) is 32.1 Å². The summed E-state index contributed by atoms with van der Waals surface area (Å²) in [5.74, 6) is -0.405. The number of carbonyl (C=O) groups excluding carboxylic acids is 1. The van der Waals surface area contributed by atoms with Gasteiger partial charge in [-0.05, 0) is 48.7 Å². The molecule has 5 rings (SSSR count). The summed E-state index contributed by atoms with van der Waals surface area (Å²) >= 11 is 0. The fraction of sp³-hybridized carbons (Fsp3) is 0.120. The molecule has 0 spiro atoms. The monoisotopic (exact) mass is 424 g/mol. The van der Waals surface area contributed by atoms with Gasteiger partial charge in [-0.2, -0.15) is 0 Å². The minimum Gasteiger partial charge on any atom is -0.462 e. The van der Waals surface area contributed by atoms with Crippen molar-refractivity contribution in [1.29, 1.82) is 0 Å². The van der Waals surface area contributed by atoms with E-state index in [1.54, 1.807) is 48.1 Å². The predicted molar refractivity (Wildman–Crippen MR) is 121 cm³/mol. The second-order valence-electron chi connectivity index (χ2n) is 7.37. The molecule has 2 aromatic carbocycles. The van der Waals surface area contributed by atoms with Gasteiger partial charge in [-0.3, -0.25) is 4.79 Å². The molecule has 0 amide bonds. The summed E-state index contributed by atoms with van der Waals surface area (Å²) in [5.41, 5.74) is 4.18. The number of para-hydroxylation sites is 2. The van der Waals surface area contributed by atoms with Crippen LogP contribution in [0.3, 0.4) is 0 Å². The molecule has 0 atom stereocenters. The zero-order chi connectivity index (χ0) is 22.1. The zero-order valence-electron chi connectivity index (χ0n) is 17.4. The molecule has 2 aliphatic rings. The lowest BCUT2D eigenvalue weighted by molar-refractivity contribution is 0.0526. The Morgan fingerprint density at radius 1 is 1.00 bits per heavy atom. The largest absolute Gasteiger partial charge is 0.462 e. The van der Waals surface area contributed by atoms with Crippen LogP contribution in [0.1, 0.15) is 23.0 Å². The number of benzene rings is 3. The molecule has 1 aliphatic carbocycles. The molecule has 0 bridgehead atoms. The Kier molecular flexibility index (Phi) is 4.99. The van der Waals surface area contributed by atoms with E-state index < -0.39 is 5.97 Å². The average Bonchev–Trinajstić information content (AvgIpc) is 3.28. The molecule has 3 aromatic rings. The zero-order valence-corrected chi connectivity index (χ0v) is 17.4. The van der Waals surface area contributed by atoms with Gasteiger partial charge in [0.15, 0.2) is 5.43 Å². The number of pyridine rings is 1. The minimum absolute atomic E-state index is 0.0194. The molecule has 158 valence electrons. The van der Waals surface area contributed by atoms with Crippen LogP contribution in [0.25, 0.3) is 27.8 Å². The van der Waals surface area contributed by atoms with Crippen molar-refractivity contribution < 1.29 is 9.53 Å². The number of aromatic nitrogens is 4. The Labute approximate surface area is 183 Å². The van der Waals surface area contributed by atoms with Crippen molar-refractivity contribution in [2.75, 3.05) is 6.61 Å². The van der Waals surface area contributed by atoms with Gasteiger partial charge in [0.2, 0.25) is 0 Å². The van der Waals surface area contributed by atoms with Gasteiger partial charge in [0.1, 0.15) is 5.69 Å². The second-order valence-corrected chi connectivity index (χ2v) is 7.37. The van der Waals surface area contributed by atoms with Gasteiger partial charge in [-0.15, -0.1) is 5.10 Å². The van der Waals surface area contributed by atoms with E-state index in [9.17, 15) is 9.59 Å². The van der Waals surface area contributed by atoms with Crippen LogP contribution in [0.2, 0.25) is 0 Å². The molecule has 32 heavy (non-hydrogen) atoms. The van der Waals surface area contributed by atoms with E-state index in [0.717, 1.165) is 16.6 Å². The normalized spacial score (nSPS) is 11.2. The SMILES string of the molecule is CCOC(=O)c1ccccc1-n1cc(Cn2c3cccc(=O)c-3cc3ccccc32)nn1. The summed E-state index contributed by atoms with van der Waals surface area (Å²) in [4.78, 5) is 24.8.